The molecular weight excluding hydrogens is 576 g/mol. The second-order valence-electron chi connectivity index (χ2n) is 11.3. The number of carbonyl (C=O) groups excluding carboxylic acids is 1. The lowest BCUT2D eigenvalue weighted by molar-refractivity contribution is -0.141. The fourth-order valence-electron chi connectivity index (χ4n) is 5.60. The average Bonchev–Trinajstić information content (AvgIpc) is 3.04. The van der Waals surface area contributed by atoms with Crippen LogP contribution in [0.4, 0.5) is 17.6 Å². The minimum Gasteiger partial charge on any atom is -0.494 e. The lowest BCUT2D eigenvalue weighted by Crippen LogP contribution is -2.46. The van der Waals surface area contributed by atoms with Gasteiger partial charge in [-0.3, -0.25) is 4.79 Å². The molecule has 12 nitrogen and oxygen atoms in total. The highest BCUT2D eigenvalue weighted by molar-refractivity contribution is 5.99. The Hall–Kier alpha value is -4.61. The van der Waals surface area contributed by atoms with Gasteiger partial charge in [0.1, 0.15) is 17.5 Å². The molecule has 3 aliphatic rings. The Morgan fingerprint density at radius 3 is 2.38 bits per heavy atom. The van der Waals surface area contributed by atoms with Gasteiger partial charge in [-0.05, 0) is 81.2 Å². The third kappa shape index (κ3) is 9.19. The van der Waals surface area contributed by atoms with Gasteiger partial charge in [0.2, 0.25) is 11.9 Å². The molecule has 2 aliphatic heterocycles. The van der Waals surface area contributed by atoms with Crippen molar-refractivity contribution >= 4 is 29.5 Å². The van der Waals surface area contributed by atoms with Crippen molar-refractivity contribution in [2.45, 2.75) is 77.3 Å². The Morgan fingerprint density at radius 2 is 1.64 bits per heavy atom. The summed E-state index contributed by atoms with van der Waals surface area (Å²) in [6, 6.07) is 12.2. The molecule has 45 heavy (non-hydrogen) atoms. The SMILES string of the molecule is CCOc1nc2nc(n1)Nc1ccc(C(=O)NC(C(=O)O)C3CCCCC3)c(c1)OCCCCCCOc1ccc(cc1)CN2. The van der Waals surface area contributed by atoms with Crippen molar-refractivity contribution in [1.29, 1.82) is 0 Å². The van der Waals surface area contributed by atoms with E-state index in [1.54, 1.807) is 18.2 Å². The third-order valence-corrected chi connectivity index (χ3v) is 7.98. The van der Waals surface area contributed by atoms with Gasteiger partial charge >= 0.3 is 12.0 Å². The van der Waals surface area contributed by atoms with E-state index in [9.17, 15) is 14.7 Å². The number of hydrogen-bond donors (Lipinski definition) is 4. The zero-order valence-electron chi connectivity index (χ0n) is 25.7. The van der Waals surface area contributed by atoms with Gasteiger partial charge in [0.15, 0.2) is 0 Å². The Bertz CT molecular complexity index is 1430. The standard InChI is InChI=1S/C33H42N6O6/c1-2-43-33-38-31-34-21-22-12-15-25(16-13-22)44-18-8-3-4-9-19-45-27-20-24(35-32(37-31)39-33)14-17-26(27)29(40)36-28(30(41)42)23-10-6-5-7-11-23/h12-17,20,23,28H,2-11,18-19,21H2,1H3,(H,36,40)(H,41,42)(H2,34,35,37,38,39). The second kappa shape index (κ2) is 15.9. The highest BCUT2D eigenvalue weighted by Gasteiger charge is 2.31. The molecule has 2 aromatic carbocycles. The van der Waals surface area contributed by atoms with Crippen LogP contribution in [0.5, 0.6) is 17.5 Å². The van der Waals surface area contributed by atoms with E-state index in [0.29, 0.717) is 43.8 Å². The Labute approximate surface area is 263 Å². The number of aromatic nitrogens is 3. The number of fused-ring (bicyclic) bond motifs is 10. The largest absolute Gasteiger partial charge is 0.494 e. The van der Waals surface area contributed by atoms with Gasteiger partial charge in [-0.2, -0.15) is 15.0 Å². The van der Waals surface area contributed by atoms with Crippen LogP contribution in [0, 0.1) is 5.92 Å². The van der Waals surface area contributed by atoms with Crippen LogP contribution in [0.25, 0.3) is 0 Å². The van der Waals surface area contributed by atoms with E-state index in [2.05, 4.69) is 30.9 Å². The summed E-state index contributed by atoms with van der Waals surface area (Å²) >= 11 is 0. The number of ether oxygens (including phenoxy) is 3. The quantitative estimate of drug-likeness (QED) is 0.268. The number of carboxylic acid groups (broad SMARTS) is 1. The van der Waals surface area contributed by atoms with Crippen LogP contribution in [0.1, 0.15) is 80.6 Å². The topological polar surface area (TPSA) is 157 Å². The summed E-state index contributed by atoms with van der Waals surface area (Å²) in [4.78, 5) is 38.9. The molecule has 1 saturated carbocycles. The van der Waals surface area contributed by atoms with E-state index < -0.39 is 17.9 Å². The van der Waals surface area contributed by atoms with E-state index in [4.69, 9.17) is 14.2 Å². The first-order valence-electron chi connectivity index (χ1n) is 15.9. The molecular formula is C33H42N6O6. The fourth-order valence-corrected chi connectivity index (χ4v) is 5.60. The minimum atomic E-state index is -1.02. The second-order valence-corrected chi connectivity index (χ2v) is 11.3. The third-order valence-electron chi connectivity index (χ3n) is 7.98. The van der Waals surface area contributed by atoms with E-state index in [0.717, 1.165) is 69.1 Å². The summed E-state index contributed by atoms with van der Waals surface area (Å²) < 4.78 is 17.6. The van der Waals surface area contributed by atoms with Crippen molar-refractivity contribution in [2.24, 2.45) is 5.92 Å². The number of nitrogens with zero attached hydrogens (tertiary/aromatic N) is 3. The first kappa shape index (κ1) is 31.8. The molecule has 1 aliphatic carbocycles. The van der Waals surface area contributed by atoms with E-state index in [1.165, 1.54) is 0 Å². The van der Waals surface area contributed by atoms with Crippen molar-refractivity contribution in [1.82, 2.24) is 20.3 Å². The number of anilines is 3. The van der Waals surface area contributed by atoms with Crippen LogP contribution in [0.3, 0.4) is 0 Å². The summed E-state index contributed by atoms with van der Waals surface area (Å²) in [6.07, 6.45) is 8.21. The monoisotopic (exact) mass is 618 g/mol. The number of benzene rings is 2. The molecule has 0 saturated heterocycles. The van der Waals surface area contributed by atoms with Gasteiger partial charge in [-0.15, -0.1) is 0 Å². The molecule has 0 spiro atoms. The average molecular weight is 619 g/mol. The summed E-state index contributed by atoms with van der Waals surface area (Å²) in [6.45, 7) is 3.72. The van der Waals surface area contributed by atoms with Crippen LogP contribution in [0.15, 0.2) is 42.5 Å². The van der Waals surface area contributed by atoms with Gasteiger partial charge in [0, 0.05) is 18.3 Å². The Balaban J connectivity index is 1.40. The number of aliphatic carboxylic acids is 1. The molecule has 3 aromatic rings. The maximum absolute atomic E-state index is 13.5. The molecule has 1 fully saturated rings. The van der Waals surface area contributed by atoms with Gasteiger partial charge in [-0.1, -0.05) is 31.4 Å². The van der Waals surface area contributed by atoms with E-state index in [1.807, 2.05) is 31.2 Å². The Kier molecular flexibility index (Phi) is 11.3. The minimum absolute atomic E-state index is 0.0936. The van der Waals surface area contributed by atoms with Crippen LogP contribution in [-0.4, -0.2) is 57.8 Å². The summed E-state index contributed by atoms with van der Waals surface area (Å²) in [5, 5.41) is 19.1. The maximum atomic E-state index is 13.5. The molecule has 1 aromatic heterocycles. The van der Waals surface area contributed by atoms with Crippen molar-refractivity contribution in [3.63, 3.8) is 0 Å². The molecule has 6 rings (SSSR count). The predicted octanol–water partition coefficient (Wildman–Crippen LogP) is 5.72. The number of nitrogens with one attached hydrogen (secondary N) is 3. The zero-order chi connectivity index (χ0) is 31.4. The lowest BCUT2D eigenvalue weighted by atomic mass is 9.84. The molecule has 1 amide bonds. The van der Waals surface area contributed by atoms with E-state index >= 15 is 0 Å². The molecule has 3 heterocycles. The number of amides is 1. The van der Waals surface area contributed by atoms with Gasteiger partial charge < -0.3 is 35.3 Å². The number of carboxylic acids is 1. The molecule has 6 bridgehead atoms. The number of hydrogen-bond acceptors (Lipinski definition) is 10. The van der Waals surface area contributed by atoms with Crippen molar-refractivity contribution in [3.8, 4) is 17.5 Å². The highest BCUT2D eigenvalue weighted by atomic mass is 16.5. The zero-order valence-corrected chi connectivity index (χ0v) is 25.7. The number of rotatable bonds is 6. The van der Waals surface area contributed by atoms with Gasteiger partial charge in [-0.25, -0.2) is 4.79 Å². The van der Waals surface area contributed by atoms with Crippen LogP contribution < -0.4 is 30.2 Å². The predicted molar refractivity (Wildman–Crippen MR) is 169 cm³/mol. The van der Waals surface area contributed by atoms with Crippen molar-refractivity contribution < 1.29 is 28.9 Å². The van der Waals surface area contributed by atoms with Crippen LogP contribution >= 0.6 is 0 Å². The smallest absolute Gasteiger partial charge is 0.326 e. The molecule has 12 heteroatoms. The summed E-state index contributed by atoms with van der Waals surface area (Å²) in [5.74, 6) is 0.152. The summed E-state index contributed by atoms with van der Waals surface area (Å²) in [5.41, 5.74) is 1.89. The molecule has 0 radical (unpaired) electrons. The summed E-state index contributed by atoms with van der Waals surface area (Å²) in [7, 11) is 0. The van der Waals surface area contributed by atoms with Crippen LogP contribution in [-0.2, 0) is 11.3 Å². The maximum Gasteiger partial charge on any atom is 0.326 e. The van der Waals surface area contributed by atoms with E-state index in [-0.39, 0.29) is 23.4 Å². The number of carbonyl (C=O) groups is 2. The molecule has 1 atom stereocenters. The molecule has 1 unspecified atom stereocenters. The normalized spacial score (nSPS) is 16.8. The molecule has 240 valence electrons. The van der Waals surface area contributed by atoms with Crippen molar-refractivity contribution in [3.05, 3.63) is 53.6 Å². The van der Waals surface area contributed by atoms with Crippen LogP contribution in [0.2, 0.25) is 0 Å². The molecule has 4 N–H and O–H groups in total. The fraction of sp³-hybridized carbons (Fsp3) is 0.485. The van der Waals surface area contributed by atoms with Gasteiger partial charge in [0.05, 0.1) is 25.4 Å². The Morgan fingerprint density at radius 1 is 0.933 bits per heavy atom. The van der Waals surface area contributed by atoms with Crippen molar-refractivity contribution in [2.75, 3.05) is 30.5 Å². The first-order chi connectivity index (χ1) is 22.0. The van der Waals surface area contributed by atoms with Gasteiger partial charge in [0.25, 0.3) is 5.91 Å². The first-order valence-corrected chi connectivity index (χ1v) is 15.9. The lowest BCUT2D eigenvalue weighted by Gasteiger charge is -2.28. The highest BCUT2D eigenvalue weighted by Crippen LogP contribution is 2.29.